The standard InChI is InChI=1S/C15H23NO/c1-4-12(5-2)10-16-11(3)9-13-14(16)7-6-8-15(13)17/h9,12H,4-8,10H2,1-3H3. The van der Waals surface area contributed by atoms with Crippen molar-refractivity contribution in [2.45, 2.75) is 59.4 Å². The van der Waals surface area contributed by atoms with Crippen LogP contribution in [0.3, 0.4) is 0 Å². The molecule has 2 nitrogen and oxygen atoms in total. The number of rotatable bonds is 4. The Kier molecular flexibility index (Phi) is 3.70. The van der Waals surface area contributed by atoms with Crippen molar-refractivity contribution in [3.8, 4) is 0 Å². The zero-order valence-corrected chi connectivity index (χ0v) is 11.3. The Morgan fingerprint density at radius 2 is 2.00 bits per heavy atom. The number of carbonyl (C=O) groups excluding carboxylic acids is 1. The maximum absolute atomic E-state index is 11.9. The van der Waals surface area contributed by atoms with Crippen molar-refractivity contribution < 1.29 is 4.79 Å². The normalized spacial score (nSPS) is 15.4. The van der Waals surface area contributed by atoms with Gasteiger partial charge in [-0.25, -0.2) is 0 Å². The Bertz CT molecular complexity index is 413. The number of Topliss-reactive ketones (excluding diaryl/α,β-unsaturated/α-hetero) is 1. The lowest BCUT2D eigenvalue weighted by atomic mass is 9.96. The molecule has 2 heteroatoms. The van der Waals surface area contributed by atoms with Gasteiger partial charge >= 0.3 is 0 Å². The van der Waals surface area contributed by atoms with Crippen molar-refractivity contribution in [3.63, 3.8) is 0 Å². The third-order valence-electron chi connectivity index (χ3n) is 4.13. The quantitative estimate of drug-likeness (QED) is 0.776. The molecular weight excluding hydrogens is 210 g/mol. The van der Waals surface area contributed by atoms with E-state index in [4.69, 9.17) is 0 Å². The minimum Gasteiger partial charge on any atom is -0.348 e. The molecule has 17 heavy (non-hydrogen) atoms. The van der Waals surface area contributed by atoms with Gasteiger partial charge in [0.1, 0.15) is 0 Å². The lowest BCUT2D eigenvalue weighted by molar-refractivity contribution is 0.0971. The van der Waals surface area contributed by atoms with Gasteiger partial charge in [0.15, 0.2) is 5.78 Å². The Balaban J connectivity index is 2.31. The Labute approximate surface area is 104 Å². The van der Waals surface area contributed by atoms with Gasteiger partial charge in [-0.3, -0.25) is 4.79 Å². The molecule has 1 aromatic rings. The molecule has 0 bridgehead atoms. The lowest BCUT2D eigenvalue weighted by Crippen LogP contribution is -2.17. The maximum Gasteiger partial charge on any atom is 0.164 e. The van der Waals surface area contributed by atoms with Crippen LogP contribution in [-0.2, 0) is 13.0 Å². The molecule has 2 rings (SSSR count). The molecule has 0 N–H and O–H groups in total. The second kappa shape index (κ2) is 5.07. The summed E-state index contributed by atoms with van der Waals surface area (Å²) in [5, 5.41) is 0. The van der Waals surface area contributed by atoms with Crippen molar-refractivity contribution in [3.05, 3.63) is 23.0 Å². The van der Waals surface area contributed by atoms with Crippen molar-refractivity contribution in [2.75, 3.05) is 0 Å². The largest absolute Gasteiger partial charge is 0.348 e. The zero-order chi connectivity index (χ0) is 12.4. The first-order valence-corrected chi connectivity index (χ1v) is 6.89. The Hall–Kier alpha value is -1.05. The average molecular weight is 233 g/mol. The van der Waals surface area contributed by atoms with Gasteiger partial charge in [-0.1, -0.05) is 26.7 Å². The predicted octanol–water partition coefficient (Wildman–Crippen LogP) is 3.75. The van der Waals surface area contributed by atoms with Crippen molar-refractivity contribution in [1.29, 1.82) is 0 Å². The van der Waals surface area contributed by atoms with Crippen LogP contribution in [0.2, 0.25) is 0 Å². The summed E-state index contributed by atoms with van der Waals surface area (Å²) in [5.41, 5.74) is 3.56. The van der Waals surface area contributed by atoms with Gasteiger partial charge in [0.2, 0.25) is 0 Å². The molecule has 1 aliphatic carbocycles. The monoisotopic (exact) mass is 233 g/mol. The van der Waals surface area contributed by atoms with E-state index in [0.29, 0.717) is 5.78 Å². The molecule has 1 aliphatic rings. The third-order valence-corrected chi connectivity index (χ3v) is 4.13. The summed E-state index contributed by atoms with van der Waals surface area (Å²) in [5.74, 6) is 1.08. The fourth-order valence-corrected chi connectivity index (χ4v) is 2.85. The summed E-state index contributed by atoms with van der Waals surface area (Å²) >= 11 is 0. The number of nitrogens with zero attached hydrogens (tertiary/aromatic N) is 1. The number of ketones is 1. The summed E-state index contributed by atoms with van der Waals surface area (Å²) < 4.78 is 2.39. The van der Waals surface area contributed by atoms with Crippen LogP contribution in [-0.4, -0.2) is 10.4 Å². The van der Waals surface area contributed by atoms with Crippen LogP contribution in [0.5, 0.6) is 0 Å². The van der Waals surface area contributed by atoms with Gasteiger partial charge in [-0.15, -0.1) is 0 Å². The van der Waals surface area contributed by atoms with Crippen LogP contribution in [0.1, 0.15) is 61.3 Å². The second-order valence-electron chi connectivity index (χ2n) is 5.22. The van der Waals surface area contributed by atoms with Gasteiger partial charge in [0.05, 0.1) is 0 Å². The van der Waals surface area contributed by atoms with E-state index >= 15 is 0 Å². The molecule has 0 amide bonds. The summed E-state index contributed by atoms with van der Waals surface area (Å²) in [4.78, 5) is 11.9. The first-order valence-electron chi connectivity index (χ1n) is 6.89. The van der Waals surface area contributed by atoms with Crippen LogP contribution in [0.25, 0.3) is 0 Å². The molecule has 0 atom stereocenters. The molecule has 0 unspecified atom stereocenters. The molecule has 0 spiro atoms. The molecule has 0 radical (unpaired) electrons. The van der Waals surface area contributed by atoms with E-state index in [2.05, 4.69) is 31.4 Å². The first kappa shape index (κ1) is 12.4. The highest BCUT2D eigenvalue weighted by Gasteiger charge is 2.23. The molecule has 0 aromatic carbocycles. The number of aromatic nitrogens is 1. The minimum atomic E-state index is 0.345. The van der Waals surface area contributed by atoms with Crippen molar-refractivity contribution >= 4 is 5.78 Å². The predicted molar refractivity (Wildman–Crippen MR) is 70.5 cm³/mol. The smallest absolute Gasteiger partial charge is 0.164 e. The highest BCUT2D eigenvalue weighted by Crippen LogP contribution is 2.26. The van der Waals surface area contributed by atoms with Crippen LogP contribution in [0.4, 0.5) is 0 Å². The second-order valence-corrected chi connectivity index (χ2v) is 5.22. The molecule has 0 saturated carbocycles. The van der Waals surface area contributed by atoms with E-state index in [9.17, 15) is 4.79 Å². The van der Waals surface area contributed by atoms with Crippen LogP contribution in [0.15, 0.2) is 6.07 Å². The van der Waals surface area contributed by atoms with E-state index < -0.39 is 0 Å². The van der Waals surface area contributed by atoms with E-state index in [-0.39, 0.29) is 0 Å². The highest BCUT2D eigenvalue weighted by atomic mass is 16.1. The molecule has 0 aliphatic heterocycles. The topological polar surface area (TPSA) is 22.0 Å². The number of carbonyl (C=O) groups is 1. The lowest BCUT2D eigenvalue weighted by Gasteiger charge is -2.20. The third kappa shape index (κ3) is 2.31. The fraction of sp³-hybridized carbons (Fsp3) is 0.667. The zero-order valence-electron chi connectivity index (χ0n) is 11.3. The summed E-state index contributed by atoms with van der Waals surface area (Å²) in [6.45, 7) is 7.73. The summed E-state index contributed by atoms with van der Waals surface area (Å²) in [6.07, 6.45) is 5.28. The van der Waals surface area contributed by atoms with E-state index in [1.165, 1.54) is 24.2 Å². The average Bonchev–Trinajstić information content (AvgIpc) is 2.64. The Morgan fingerprint density at radius 1 is 1.29 bits per heavy atom. The molecule has 94 valence electrons. The van der Waals surface area contributed by atoms with E-state index in [1.807, 2.05) is 0 Å². The van der Waals surface area contributed by atoms with Crippen LogP contribution in [0, 0.1) is 12.8 Å². The van der Waals surface area contributed by atoms with E-state index in [0.717, 1.165) is 37.3 Å². The van der Waals surface area contributed by atoms with Crippen molar-refractivity contribution in [1.82, 2.24) is 4.57 Å². The summed E-state index contributed by atoms with van der Waals surface area (Å²) in [7, 11) is 0. The number of aryl methyl sites for hydroxylation is 1. The highest BCUT2D eigenvalue weighted by molar-refractivity contribution is 5.98. The van der Waals surface area contributed by atoms with Gasteiger partial charge in [0, 0.05) is 29.9 Å². The fourth-order valence-electron chi connectivity index (χ4n) is 2.85. The van der Waals surface area contributed by atoms with Gasteiger partial charge in [0.25, 0.3) is 0 Å². The molecule has 1 heterocycles. The first-order chi connectivity index (χ1) is 8.17. The Morgan fingerprint density at radius 3 is 2.65 bits per heavy atom. The minimum absolute atomic E-state index is 0.345. The van der Waals surface area contributed by atoms with Crippen LogP contribution < -0.4 is 0 Å². The summed E-state index contributed by atoms with van der Waals surface area (Å²) in [6, 6.07) is 2.10. The molecule has 0 saturated heterocycles. The van der Waals surface area contributed by atoms with Gasteiger partial charge in [-0.05, 0) is 31.7 Å². The molecule has 0 fully saturated rings. The maximum atomic E-state index is 11.9. The molecule has 1 aromatic heterocycles. The number of fused-ring (bicyclic) bond motifs is 1. The van der Waals surface area contributed by atoms with Gasteiger partial charge < -0.3 is 4.57 Å². The number of hydrogen-bond donors (Lipinski definition) is 0. The SMILES string of the molecule is CCC(CC)Cn1c(C)cc2c1CCCC2=O. The van der Waals surface area contributed by atoms with E-state index in [1.54, 1.807) is 0 Å². The van der Waals surface area contributed by atoms with Crippen molar-refractivity contribution in [2.24, 2.45) is 5.92 Å². The molecular formula is C15H23NO. The van der Waals surface area contributed by atoms with Crippen LogP contribution >= 0.6 is 0 Å². The number of hydrogen-bond acceptors (Lipinski definition) is 1. The van der Waals surface area contributed by atoms with Gasteiger partial charge in [-0.2, -0.15) is 0 Å².